The van der Waals surface area contributed by atoms with Crippen LogP contribution in [0.3, 0.4) is 0 Å². The van der Waals surface area contributed by atoms with Crippen molar-refractivity contribution in [3.63, 3.8) is 0 Å². The predicted octanol–water partition coefficient (Wildman–Crippen LogP) is 4.49. The number of pyridine rings is 1. The standard InChI is InChI=1S/C26H25N3O3/c1-26(2)16-18-10-11-20(32-3)14-21(18)23(29-26)15-24(30)17-7-6-8-19(13-17)28-25(31)22-9-4-5-12-27-22/h4-15,29H,16H2,1-3H3,(H,28,31)/b23-15-. The largest absolute Gasteiger partial charge is 0.497 e. The summed E-state index contributed by atoms with van der Waals surface area (Å²) in [5.74, 6) is 0.251. The Balaban J connectivity index is 1.61. The maximum atomic E-state index is 13.1. The van der Waals surface area contributed by atoms with Gasteiger partial charge in [0.15, 0.2) is 5.78 Å². The number of anilines is 1. The van der Waals surface area contributed by atoms with Crippen molar-refractivity contribution < 1.29 is 14.3 Å². The van der Waals surface area contributed by atoms with Gasteiger partial charge in [-0.05, 0) is 62.2 Å². The van der Waals surface area contributed by atoms with E-state index in [1.165, 1.54) is 0 Å². The van der Waals surface area contributed by atoms with Gasteiger partial charge < -0.3 is 15.4 Å². The molecule has 2 heterocycles. The van der Waals surface area contributed by atoms with Crippen LogP contribution in [-0.2, 0) is 6.42 Å². The molecule has 162 valence electrons. The molecule has 0 aliphatic carbocycles. The highest BCUT2D eigenvalue weighted by Crippen LogP contribution is 2.32. The van der Waals surface area contributed by atoms with E-state index in [9.17, 15) is 9.59 Å². The zero-order chi connectivity index (χ0) is 22.7. The molecule has 0 saturated heterocycles. The maximum Gasteiger partial charge on any atom is 0.274 e. The summed E-state index contributed by atoms with van der Waals surface area (Å²) in [6.07, 6.45) is 4.01. The third kappa shape index (κ3) is 4.70. The Labute approximate surface area is 187 Å². The number of fused-ring (bicyclic) bond motifs is 1. The van der Waals surface area contributed by atoms with Crippen molar-refractivity contribution in [3.8, 4) is 5.75 Å². The number of ketones is 1. The van der Waals surface area contributed by atoms with E-state index in [0.29, 0.717) is 16.9 Å². The average molecular weight is 428 g/mol. The minimum absolute atomic E-state index is 0.159. The monoisotopic (exact) mass is 427 g/mol. The quantitative estimate of drug-likeness (QED) is 0.463. The van der Waals surface area contributed by atoms with Crippen LogP contribution in [0.4, 0.5) is 5.69 Å². The number of hydrogen-bond acceptors (Lipinski definition) is 5. The van der Waals surface area contributed by atoms with Crippen molar-refractivity contribution in [1.82, 2.24) is 10.3 Å². The van der Waals surface area contributed by atoms with E-state index in [0.717, 1.165) is 29.0 Å². The Morgan fingerprint density at radius 2 is 1.94 bits per heavy atom. The predicted molar refractivity (Wildman–Crippen MR) is 125 cm³/mol. The Bertz CT molecular complexity index is 1200. The summed E-state index contributed by atoms with van der Waals surface area (Å²) in [7, 11) is 1.63. The molecule has 2 aromatic carbocycles. The molecule has 0 spiro atoms. The van der Waals surface area contributed by atoms with Gasteiger partial charge in [0.25, 0.3) is 5.91 Å². The first-order chi connectivity index (χ1) is 15.3. The summed E-state index contributed by atoms with van der Waals surface area (Å²) < 4.78 is 5.37. The molecular formula is C26H25N3O3. The van der Waals surface area contributed by atoms with Gasteiger partial charge in [-0.3, -0.25) is 14.6 Å². The first-order valence-corrected chi connectivity index (χ1v) is 10.4. The lowest BCUT2D eigenvalue weighted by molar-refractivity contribution is 0.101. The summed E-state index contributed by atoms with van der Waals surface area (Å²) in [5.41, 5.74) is 4.00. The Morgan fingerprint density at radius 1 is 1.09 bits per heavy atom. The molecule has 0 bridgehead atoms. The minimum atomic E-state index is -0.328. The number of rotatable bonds is 5. The molecule has 32 heavy (non-hydrogen) atoms. The second-order valence-electron chi connectivity index (χ2n) is 8.38. The number of hydrogen-bond donors (Lipinski definition) is 2. The van der Waals surface area contributed by atoms with Gasteiger partial charge in [0.1, 0.15) is 11.4 Å². The van der Waals surface area contributed by atoms with Crippen LogP contribution >= 0.6 is 0 Å². The Hall–Kier alpha value is -3.93. The van der Waals surface area contributed by atoms with Crippen molar-refractivity contribution in [1.29, 1.82) is 0 Å². The van der Waals surface area contributed by atoms with E-state index in [4.69, 9.17) is 4.74 Å². The van der Waals surface area contributed by atoms with Gasteiger partial charge in [-0.25, -0.2) is 0 Å². The molecule has 0 saturated carbocycles. The summed E-state index contributed by atoms with van der Waals surface area (Å²) in [6.45, 7) is 4.21. The topological polar surface area (TPSA) is 80.3 Å². The molecule has 1 amide bonds. The van der Waals surface area contributed by atoms with Crippen LogP contribution in [0.5, 0.6) is 5.75 Å². The first kappa shape index (κ1) is 21.3. The molecule has 0 fully saturated rings. The van der Waals surface area contributed by atoms with Gasteiger partial charge >= 0.3 is 0 Å². The second-order valence-corrected chi connectivity index (χ2v) is 8.38. The number of ether oxygens (including phenoxy) is 1. The number of nitrogens with one attached hydrogen (secondary N) is 2. The van der Waals surface area contributed by atoms with Gasteiger partial charge in [0, 0.05) is 40.3 Å². The SMILES string of the molecule is COc1ccc2c(c1)/C(=C/C(=O)c1cccc(NC(=O)c3ccccn3)c1)NC(C)(C)C2. The lowest BCUT2D eigenvalue weighted by Crippen LogP contribution is -2.43. The van der Waals surface area contributed by atoms with Gasteiger partial charge in [0.05, 0.1) is 7.11 Å². The lowest BCUT2D eigenvalue weighted by Gasteiger charge is -2.35. The summed E-state index contributed by atoms with van der Waals surface area (Å²) >= 11 is 0. The second kappa shape index (κ2) is 8.67. The number of amides is 1. The smallest absolute Gasteiger partial charge is 0.274 e. The van der Waals surface area contributed by atoms with Crippen LogP contribution in [0.2, 0.25) is 0 Å². The molecule has 4 rings (SSSR count). The number of carbonyl (C=O) groups is 2. The van der Waals surface area contributed by atoms with Crippen LogP contribution in [-0.4, -0.2) is 29.3 Å². The molecule has 0 radical (unpaired) electrons. The molecule has 6 heteroatoms. The minimum Gasteiger partial charge on any atom is -0.497 e. The van der Waals surface area contributed by atoms with Crippen LogP contribution in [0, 0.1) is 0 Å². The van der Waals surface area contributed by atoms with E-state index >= 15 is 0 Å². The fraction of sp³-hybridized carbons (Fsp3) is 0.192. The van der Waals surface area contributed by atoms with Crippen molar-refractivity contribution in [2.75, 3.05) is 12.4 Å². The van der Waals surface area contributed by atoms with Crippen molar-refractivity contribution in [2.24, 2.45) is 0 Å². The molecule has 1 aromatic heterocycles. The third-order valence-electron chi connectivity index (χ3n) is 5.29. The Morgan fingerprint density at radius 3 is 2.69 bits per heavy atom. The van der Waals surface area contributed by atoms with Gasteiger partial charge in [0.2, 0.25) is 0 Å². The number of nitrogens with zero attached hydrogens (tertiary/aromatic N) is 1. The zero-order valence-electron chi connectivity index (χ0n) is 18.3. The van der Waals surface area contributed by atoms with E-state index in [2.05, 4.69) is 29.5 Å². The average Bonchev–Trinajstić information content (AvgIpc) is 2.79. The molecule has 3 aromatic rings. The fourth-order valence-corrected chi connectivity index (χ4v) is 3.81. The third-order valence-corrected chi connectivity index (χ3v) is 5.29. The van der Waals surface area contributed by atoms with Crippen LogP contribution in [0.25, 0.3) is 5.70 Å². The Kier molecular flexibility index (Phi) is 5.77. The van der Waals surface area contributed by atoms with Crippen LogP contribution in [0.15, 0.2) is 72.9 Å². The summed E-state index contributed by atoms with van der Waals surface area (Å²) in [6, 6.07) is 17.9. The first-order valence-electron chi connectivity index (χ1n) is 10.4. The number of methoxy groups -OCH3 is 1. The molecule has 1 aliphatic heterocycles. The maximum absolute atomic E-state index is 13.1. The zero-order valence-corrected chi connectivity index (χ0v) is 18.3. The van der Waals surface area contributed by atoms with Gasteiger partial charge in [-0.15, -0.1) is 0 Å². The normalized spacial score (nSPS) is 15.4. The highest BCUT2D eigenvalue weighted by molar-refractivity contribution is 6.10. The van der Waals surface area contributed by atoms with Crippen LogP contribution in [0.1, 0.15) is 45.8 Å². The van der Waals surface area contributed by atoms with Gasteiger partial charge in [-0.1, -0.05) is 24.3 Å². The van der Waals surface area contributed by atoms with Crippen molar-refractivity contribution >= 4 is 23.1 Å². The number of aromatic nitrogens is 1. The molecular weight excluding hydrogens is 402 g/mol. The van der Waals surface area contributed by atoms with Crippen molar-refractivity contribution in [3.05, 3.63) is 95.3 Å². The van der Waals surface area contributed by atoms with Crippen molar-refractivity contribution in [2.45, 2.75) is 25.8 Å². The summed E-state index contributed by atoms with van der Waals surface area (Å²) in [5, 5.41) is 6.27. The van der Waals surface area contributed by atoms with Gasteiger partial charge in [-0.2, -0.15) is 0 Å². The number of allylic oxidation sites excluding steroid dienone is 1. The molecule has 2 N–H and O–H groups in total. The number of carbonyl (C=O) groups excluding carboxylic acids is 2. The molecule has 1 aliphatic rings. The van der Waals surface area contributed by atoms with E-state index in [1.807, 2.05) is 18.2 Å². The highest BCUT2D eigenvalue weighted by Gasteiger charge is 2.28. The summed E-state index contributed by atoms with van der Waals surface area (Å²) in [4.78, 5) is 29.6. The molecule has 0 unspecified atom stereocenters. The highest BCUT2D eigenvalue weighted by atomic mass is 16.5. The van der Waals surface area contributed by atoms with Crippen LogP contribution < -0.4 is 15.4 Å². The van der Waals surface area contributed by atoms with E-state index in [1.54, 1.807) is 61.8 Å². The molecule has 0 atom stereocenters. The lowest BCUT2D eigenvalue weighted by atomic mass is 9.85. The molecule has 6 nitrogen and oxygen atoms in total. The van der Waals surface area contributed by atoms with E-state index in [-0.39, 0.29) is 17.2 Å². The fourth-order valence-electron chi connectivity index (χ4n) is 3.81. The number of benzene rings is 2. The van der Waals surface area contributed by atoms with E-state index < -0.39 is 0 Å².